The fourth-order valence-corrected chi connectivity index (χ4v) is 1.74. The Balaban J connectivity index is 2.39. The fourth-order valence-electron chi connectivity index (χ4n) is 1.74. The summed E-state index contributed by atoms with van der Waals surface area (Å²) in [5.41, 5.74) is 7.78. The highest BCUT2D eigenvalue weighted by Gasteiger charge is 2.11. The van der Waals surface area contributed by atoms with Crippen LogP contribution in [0.25, 0.3) is 0 Å². The lowest BCUT2D eigenvalue weighted by atomic mass is 10.2. The molecule has 0 bridgehead atoms. The first-order chi connectivity index (χ1) is 8.70. The van der Waals surface area contributed by atoms with E-state index in [0.717, 1.165) is 43.0 Å². The summed E-state index contributed by atoms with van der Waals surface area (Å²) in [6, 6.07) is 0. The summed E-state index contributed by atoms with van der Waals surface area (Å²) < 4.78 is 7.22. The molecule has 0 aliphatic heterocycles. The molecule has 1 heterocycles. The van der Waals surface area contributed by atoms with Crippen LogP contribution in [0.5, 0.6) is 0 Å². The van der Waals surface area contributed by atoms with Crippen LogP contribution in [0.4, 0.5) is 11.5 Å². The van der Waals surface area contributed by atoms with Gasteiger partial charge in [0.1, 0.15) is 5.82 Å². The number of rotatable bonds is 9. The van der Waals surface area contributed by atoms with E-state index in [2.05, 4.69) is 23.9 Å². The van der Waals surface area contributed by atoms with Gasteiger partial charge in [-0.3, -0.25) is 4.68 Å². The average molecular weight is 252 g/mol. The summed E-state index contributed by atoms with van der Waals surface area (Å²) in [6.07, 6.45) is 4.70. The molecule has 1 aromatic heterocycles. The van der Waals surface area contributed by atoms with Crippen molar-refractivity contribution in [2.24, 2.45) is 7.05 Å². The molecule has 0 aliphatic rings. The zero-order chi connectivity index (χ0) is 13.4. The first-order valence-corrected chi connectivity index (χ1v) is 6.44. The van der Waals surface area contributed by atoms with Crippen molar-refractivity contribution < 1.29 is 4.74 Å². The predicted octanol–water partition coefficient (Wildman–Crippen LogP) is 1.96. The molecule has 1 aromatic rings. The van der Waals surface area contributed by atoms with Crippen molar-refractivity contribution >= 4 is 11.5 Å². The van der Waals surface area contributed by atoms with Crippen LogP contribution in [0.2, 0.25) is 0 Å². The Hall–Kier alpha value is -1.49. The van der Waals surface area contributed by atoms with Gasteiger partial charge in [0.25, 0.3) is 0 Å². The second-order valence-corrected chi connectivity index (χ2v) is 4.20. The average Bonchev–Trinajstić information content (AvgIpc) is 2.61. The van der Waals surface area contributed by atoms with Gasteiger partial charge in [0.2, 0.25) is 0 Å². The van der Waals surface area contributed by atoms with Gasteiger partial charge in [0.05, 0.1) is 24.6 Å². The van der Waals surface area contributed by atoms with Gasteiger partial charge in [-0.05, 0) is 12.8 Å². The minimum Gasteiger partial charge on any atom is -0.394 e. The van der Waals surface area contributed by atoms with E-state index in [1.54, 1.807) is 4.68 Å². The molecule has 0 radical (unpaired) electrons. The molecule has 0 saturated heterocycles. The molecule has 5 nitrogen and oxygen atoms in total. The van der Waals surface area contributed by atoms with E-state index < -0.39 is 0 Å². The molecular formula is C13H24N4O. The molecule has 0 fully saturated rings. The van der Waals surface area contributed by atoms with Crippen molar-refractivity contribution in [2.75, 3.05) is 30.8 Å². The second-order valence-electron chi connectivity index (χ2n) is 4.20. The maximum atomic E-state index is 6.05. The highest BCUT2D eigenvalue weighted by molar-refractivity contribution is 5.65. The van der Waals surface area contributed by atoms with Gasteiger partial charge in [-0.2, -0.15) is 5.10 Å². The minimum atomic E-state index is 0.654. The van der Waals surface area contributed by atoms with Crippen LogP contribution in [-0.4, -0.2) is 29.5 Å². The van der Waals surface area contributed by atoms with Gasteiger partial charge in [0.15, 0.2) is 0 Å². The number of anilines is 2. The van der Waals surface area contributed by atoms with E-state index >= 15 is 0 Å². The lowest BCUT2D eigenvalue weighted by Crippen LogP contribution is -2.13. The number of hydrogen-bond acceptors (Lipinski definition) is 4. The number of nitrogen functional groups attached to an aromatic ring is 1. The minimum absolute atomic E-state index is 0.654. The molecule has 3 N–H and O–H groups in total. The van der Waals surface area contributed by atoms with Crippen LogP contribution in [0, 0.1) is 0 Å². The van der Waals surface area contributed by atoms with Crippen molar-refractivity contribution in [1.82, 2.24) is 9.78 Å². The third-order valence-electron chi connectivity index (χ3n) is 2.65. The Morgan fingerprint density at radius 2 is 2.28 bits per heavy atom. The van der Waals surface area contributed by atoms with Gasteiger partial charge in [-0.15, -0.1) is 6.58 Å². The van der Waals surface area contributed by atoms with Crippen LogP contribution in [-0.2, 0) is 18.2 Å². The van der Waals surface area contributed by atoms with Crippen molar-refractivity contribution in [3.63, 3.8) is 0 Å². The smallest absolute Gasteiger partial charge is 0.147 e. The van der Waals surface area contributed by atoms with Gasteiger partial charge in [0, 0.05) is 13.6 Å². The van der Waals surface area contributed by atoms with Crippen molar-refractivity contribution in [1.29, 1.82) is 0 Å². The van der Waals surface area contributed by atoms with E-state index in [4.69, 9.17) is 10.5 Å². The Bertz CT molecular complexity index is 373. The highest BCUT2D eigenvalue weighted by Crippen LogP contribution is 2.22. The summed E-state index contributed by atoms with van der Waals surface area (Å²) >= 11 is 0. The van der Waals surface area contributed by atoms with Gasteiger partial charge in [-0.25, -0.2) is 0 Å². The normalized spacial score (nSPS) is 10.6. The van der Waals surface area contributed by atoms with Gasteiger partial charge >= 0.3 is 0 Å². The van der Waals surface area contributed by atoms with Crippen LogP contribution in [0.1, 0.15) is 25.5 Å². The number of nitrogens with zero attached hydrogens (tertiary/aromatic N) is 2. The lowest BCUT2D eigenvalue weighted by molar-refractivity contribution is 0.149. The van der Waals surface area contributed by atoms with Crippen LogP contribution in [0.15, 0.2) is 12.7 Å². The number of nitrogens with one attached hydrogen (secondary N) is 1. The SMILES string of the molecule is C=CCCOCCNc1c(N)c(CCC)nn1C. The van der Waals surface area contributed by atoms with E-state index in [1.165, 1.54) is 0 Å². The third kappa shape index (κ3) is 4.07. The summed E-state index contributed by atoms with van der Waals surface area (Å²) in [5, 5.41) is 7.66. The zero-order valence-corrected chi connectivity index (χ0v) is 11.4. The molecule has 102 valence electrons. The molecule has 0 aromatic carbocycles. The fraction of sp³-hybridized carbons (Fsp3) is 0.615. The molecule has 0 unspecified atom stereocenters. The number of aryl methyl sites for hydroxylation is 2. The Morgan fingerprint density at radius 1 is 1.50 bits per heavy atom. The summed E-state index contributed by atoms with van der Waals surface area (Å²) in [5.74, 6) is 0.880. The first kappa shape index (κ1) is 14.6. The molecule has 0 aliphatic carbocycles. The Morgan fingerprint density at radius 3 is 2.94 bits per heavy atom. The monoisotopic (exact) mass is 252 g/mol. The second kappa shape index (κ2) is 7.76. The van der Waals surface area contributed by atoms with E-state index in [9.17, 15) is 0 Å². The van der Waals surface area contributed by atoms with Gasteiger partial charge in [-0.1, -0.05) is 19.4 Å². The Kier molecular flexibility index (Phi) is 6.28. The largest absolute Gasteiger partial charge is 0.394 e. The summed E-state index contributed by atoms with van der Waals surface area (Å²) in [7, 11) is 1.90. The third-order valence-corrected chi connectivity index (χ3v) is 2.65. The topological polar surface area (TPSA) is 65.1 Å². The van der Waals surface area contributed by atoms with Crippen LogP contribution < -0.4 is 11.1 Å². The molecule has 5 heteroatoms. The zero-order valence-electron chi connectivity index (χ0n) is 11.4. The molecule has 0 saturated carbocycles. The van der Waals surface area contributed by atoms with Crippen LogP contribution >= 0.6 is 0 Å². The Labute approximate surface area is 109 Å². The molecule has 0 spiro atoms. The number of nitrogens with two attached hydrogens (primary N) is 1. The van der Waals surface area contributed by atoms with Crippen molar-refractivity contribution in [3.05, 3.63) is 18.3 Å². The molecule has 18 heavy (non-hydrogen) atoms. The van der Waals surface area contributed by atoms with E-state index in [-0.39, 0.29) is 0 Å². The maximum Gasteiger partial charge on any atom is 0.147 e. The number of hydrogen-bond donors (Lipinski definition) is 2. The van der Waals surface area contributed by atoms with Gasteiger partial charge < -0.3 is 15.8 Å². The quantitative estimate of drug-likeness (QED) is 0.521. The standard InChI is InChI=1S/C13H24N4O/c1-4-6-9-18-10-8-15-13-12(14)11(7-5-2)16-17(13)3/h4,15H,1,5-10,14H2,2-3H3. The number of aromatic nitrogens is 2. The molecule has 0 atom stereocenters. The molecule has 0 amide bonds. The lowest BCUT2D eigenvalue weighted by Gasteiger charge is -2.08. The highest BCUT2D eigenvalue weighted by atomic mass is 16.5. The first-order valence-electron chi connectivity index (χ1n) is 6.44. The summed E-state index contributed by atoms with van der Waals surface area (Å²) in [6.45, 7) is 7.86. The van der Waals surface area contributed by atoms with Crippen molar-refractivity contribution in [2.45, 2.75) is 26.2 Å². The number of ether oxygens (including phenoxy) is 1. The molecule has 1 rings (SSSR count). The van der Waals surface area contributed by atoms with Crippen LogP contribution in [0.3, 0.4) is 0 Å². The van der Waals surface area contributed by atoms with E-state index in [1.807, 2.05) is 13.1 Å². The summed E-state index contributed by atoms with van der Waals surface area (Å²) in [4.78, 5) is 0. The van der Waals surface area contributed by atoms with E-state index in [0.29, 0.717) is 13.2 Å². The molecular weight excluding hydrogens is 228 g/mol. The predicted molar refractivity (Wildman–Crippen MR) is 75.7 cm³/mol. The maximum absolute atomic E-state index is 6.05. The van der Waals surface area contributed by atoms with Crippen molar-refractivity contribution in [3.8, 4) is 0 Å².